The standard InChI is InChI=1S/C21H18O11/c22-5-13-17(28)18(29)21-20(32-13)15-12(31-21)4-8(24)14-7(23)3-11(30-19(14)15)6-1-9(25)16(27)10(26)2-6/h1-4,13,17-18,20-22,24-29H,5H2. The van der Waals surface area contributed by atoms with Gasteiger partial charge >= 0.3 is 0 Å². The number of benzene rings is 2. The fraction of sp³-hybridized carbons (Fsp3) is 0.286. The number of fused-ring (bicyclic) bond motifs is 5. The van der Waals surface area contributed by atoms with Gasteiger partial charge < -0.3 is 49.6 Å². The number of aliphatic hydroxyl groups excluding tert-OH is 3. The summed E-state index contributed by atoms with van der Waals surface area (Å²) in [5.74, 6) is -2.56. The van der Waals surface area contributed by atoms with Crippen LogP contribution in [0.15, 0.2) is 33.5 Å². The number of rotatable bonds is 2. The fourth-order valence-corrected chi connectivity index (χ4v) is 4.17. The zero-order valence-corrected chi connectivity index (χ0v) is 16.2. The lowest BCUT2D eigenvalue weighted by molar-refractivity contribution is -0.215. The summed E-state index contributed by atoms with van der Waals surface area (Å²) in [7, 11) is 0. The van der Waals surface area contributed by atoms with Gasteiger partial charge in [-0.2, -0.15) is 0 Å². The Morgan fingerprint density at radius 2 is 1.59 bits per heavy atom. The van der Waals surface area contributed by atoms with Crippen LogP contribution >= 0.6 is 0 Å². The summed E-state index contributed by atoms with van der Waals surface area (Å²) in [6, 6.07) is 4.34. The van der Waals surface area contributed by atoms with Crippen molar-refractivity contribution in [3.05, 3.63) is 40.1 Å². The molecule has 32 heavy (non-hydrogen) atoms. The molecule has 1 saturated heterocycles. The number of aliphatic hydroxyl groups is 3. The van der Waals surface area contributed by atoms with Crippen molar-refractivity contribution >= 4 is 11.0 Å². The monoisotopic (exact) mass is 446 g/mol. The highest BCUT2D eigenvalue weighted by Gasteiger charge is 2.52. The number of aromatic hydroxyl groups is 4. The molecule has 0 aliphatic carbocycles. The maximum Gasteiger partial charge on any atom is 0.200 e. The minimum Gasteiger partial charge on any atom is -0.507 e. The molecule has 3 heterocycles. The molecule has 11 nitrogen and oxygen atoms in total. The number of phenols is 4. The Hall–Kier alpha value is -3.51. The second-order valence-electron chi connectivity index (χ2n) is 7.69. The molecule has 5 atom stereocenters. The van der Waals surface area contributed by atoms with Gasteiger partial charge in [0.25, 0.3) is 0 Å². The first-order chi connectivity index (χ1) is 15.2. The van der Waals surface area contributed by atoms with Gasteiger partial charge in [0.1, 0.15) is 47.1 Å². The van der Waals surface area contributed by atoms with Crippen LogP contribution in [0.1, 0.15) is 11.7 Å². The predicted molar refractivity (Wildman–Crippen MR) is 106 cm³/mol. The van der Waals surface area contributed by atoms with Crippen LogP contribution in [-0.2, 0) is 4.74 Å². The molecular weight excluding hydrogens is 428 g/mol. The number of hydrogen-bond donors (Lipinski definition) is 7. The SMILES string of the molecule is O=c1cc(-c2cc(O)c(O)c(O)c2)oc2c3c(cc(O)c12)OC1C3OC(CO)C(O)C1O. The highest BCUT2D eigenvalue weighted by Crippen LogP contribution is 2.50. The van der Waals surface area contributed by atoms with Crippen LogP contribution in [-0.4, -0.2) is 66.8 Å². The van der Waals surface area contributed by atoms with Crippen molar-refractivity contribution < 1.29 is 49.6 Å². The van der Waals surface area contributed by atoms with Gasteiger partial charge in [0.2, 0.25) is 0 Å². The largest absolute Gasteiger partial charge is 0.507 e. The van der Waals surface area contributed by atoms with Gasteiger partial charge in [0, 0.05) is 17.7 Å². The maximum absolute atomic E-state index is 12.8. The highest BCUT2D eigenvalue weighted by atomic mass is 16.6. The molecule has 0 bridgehead atoms. The molecule has 2 aliphatic heterocycles. The fourth-order valence-electron chi connectivity index (χ4n) is 4.17. The van der Waals surface area contributed by atoms with Crippen LogP contribution in [0.4, 0.5) is 0 Å². The molecule has 11 heteroatoms. The molecule has 0 spiro atoms. The third-order valence-electron chi connectivity index (χ3n) is 5.75. The first-order valence-electron chi connectivity index (χ1n) is 9.59. The topological polar surface area (TPSA) is 190 Å². The van der Waals surface area contributed by atoms with E-state index in [1.165, 1.54) is 6.07 Å². The van der Waals surface area contributed by atoms with Gasteiger partial charge in [0.05, 0.1) is 12.2 Å². The van der Waals surface area contributed by atoms with Crippen molar-refractivity contribution in [2.45, 2.75) is 30.5 Å². The van der Waals surface area contributed by atoms with Gasteiger partial charge in [0.15, 0.2) is 34.4 Å². The number of phenolic OH excluding ortho intramolecular Hbond substituents is 4. The molecule has 0 amide bonds. The van der Waals surface area contributed by atoms with Crippen LogP contribution in [0.5, 0.6) is 28.7 Å². The van der Waals surface area contributed by atoms with Gasteiger partial charge in [-0.15, -0.1) is 0 Å². The number of hydrogen-bond acceptors (Lipinski definition) is 11. The van der Waals surface area contributed by atoms with E-state index in [0.717, 1.165) is 18.2 Å². The lowest BCUT2D eigenvalue weighted by Crippen LogP contribution is -2.55. The van der Waals surface area contributed by atoms with E-state index < -0.39 is 65.6 Å². The highest BCUT2D eigenvalue weighted by molar-refractivity contribution is 5.90. The summed E-state index contributed by atoms with van der Waals surface area (Å²) in [6.45, 7) is -0.589. The van der Waals surface area contributed by atoms with E-state index in [2.05, 4.69) is 0 Å². The first kappa shape index (κ1) is 20.4. The average molecular weight is 446 g/mol. The second kappa shape index (κ2) is 7.00. The zero-order chi connectivity index (χ0) is 22.9. The van der Waals surface area contributed by atoms with Crippen LogP contribution in [0.3, 0.4) is 0 Å². The molecule has 1 aromatic heterocycles. The molecule has 0 saturated carbocycles. The third kappa shape index (κ3) is 2.79. The molecule has 2 aromatic carbocycles. The molecule has 3 aromatic rings. The summed E-state index contributed by atoms with van der Waals surface area (Å²) in [5, 5.41) is 69.5. The minimum absolute atomic E-state index is 0.0477. The predicted octanol–water partition coefficient (Wildman–Crippen LogP) is 0.197. The van der Waals surface area contributed by atoms with E-state index in [1.807, 2.05) is 0 Å². The van der Waals surface area contributed by atoms with Crippen molar-refractivity contribution in [1.82, 2.24) is 0 Å². The molecule has 7 N–H and O–H groups in total. The molecule has 5 unspecified atom stereocenters. The van der Waals surface area contributed by atoms with Crippen LogP contribution in [0.2, 0.25) is 0 Å². The van der Waals surface area contributed by atoms with Crippen molar-refractivity contribution in [3.8, 4) is 40.1 Å². The van der Waals surface area contributed by atoms with E-state index in [9.17, 15) is 40.5 Å². The average Bonchev–Trinajstić information content (AvgIpc) is 3.12. The normalized spacial score (nSPS) is 26.5. The first-order valence-corrected chi connectivity index (χ1v) is 9.59. The lowest BCUT2D eigenvalue weighted by Gasteiger charge is -2.38. The van der Waals surface area contributed by atoms with E-state index >= 15 is 0 Å². The maximum atomic E-state index is 12.8. The van der Waals surface area contributed by atoms with Crippen molar-refractivity contribution in [2.75, 3.05) is 6.61 Å². The Bertz CT molecular complexity index is 1270. The van der Waals surface area contributed by atoms with Gasteiger partial charge in [-0.05, 0) is 12.1 Å². The van der Waals surface area contributed by atoms with Crippen molar-refractivity contribution in [2.24, 2.45) is 0 Å². The Balaban J connectivity index is 1.74. The summed E-state index contributed by atoms with van der Waals surface area (Å²) in [5.41, 5.74) is -0.564. The summed E-state index contributed by atoms with van der Waals surface area (Å²) in [6.07, 6.45) is -6.13. The van der Waals surface area contributed by atoms with E-state index in [1.54, 1.807) is 0 Å². The Morgan fingerprint density at radius 3 is 2.25 bits per heavy atom. The van der Waals surface area contributed by atoms with Gasteiger partial charge in [-0.25, -0.2) is 0 Å². The van der Waals surface area contributed by atoms with E-state index in [-0.39, 0.29) is 33.6 Å². The van der Waals surface area contributed by atoms with Crippen LogP contribution < -0.4 is 10.2 Å². The number of ether oxygens (including phenoxy) is 2. The van der Waals surface area contributed by atoms with Crippen LogP contribution in [0.25, 0.3) is 22.3 Å². The van der Waals surface area contributed by atoms with E-state index in [0.29, 0.717) is 0 Å². The lowest BCUT2D eigenvalue weighted by atomic mass is 9.92. The molecule has 2 aliphatic rings. The molecule has 168 valence electrons. The second-order valence-corrected chi connectivity index (χ2v) is 7.69. The van der Waals surface area contributed by atoms with Crippen molar-refractivity contribution in [3.63, 3.8) is 0 Å². The van der Waals surface area contributed by atoms with Crippen LogP contribution in [0, 0.1) is 0 Å². The molecular formula is C21H18O11. The Kier molecular flexibility index (Phi) is 4.46. The smallest absolute Gasteiger partial charge is 0.200 e. The molecule has 1 fully saturated rings. The Morgan fingerprint density at radius 1 is 0.906 bits per heavy atom. The van der Waals surface area contributed by atoms with E-state index in [4.69, 9.17) is 13.9 Å². The van der Waals surface area contributed by atoms with Gasteiger partial charge in [-0.3, -0.25) is 4.79 Å². The third-order valence-corrected chi connectivity index (χ3v) is 5.75. The minimum atomic E-state index is -1.43. The quantitative estimate of drug-likeness (QED) is 0.266. The zero-order valence-electron chi connectivity index (χ0n) is 16.2. The summed E-state index contributed by atoms with van der Waals surface area (Å²) < 4.78 is 17.2. The molecule has 5 rings (SSSR count). The summed E-state index contributed by atoms with van der Waals surface area (Å²) in [4.78, 5) is 12.8. The Labute approximate surface area is 178 Å². The van der Waals surface area contributed by atoms with Crippen molar-refractivity contribution in [1.29, 1.82) is 0 Å². The summed E-state index contributed by atoms with van der Waals surface area (Å²) >= 11 is 0. The van der Waals surface area contributed by atoms with Gasteiger partial charge in [-0.1, -0.05) is 0 Å². The molecule has 0 radical (unpaired) electrons.